The standard InChI is InChI=1S/C35H33F6N7O2S/c1-4-25(49)48-11-8-24(17(48)2)46(3)32-20-12-22(35(39,40)41)27(19-6-7-23(37)30-26(19)21(14-42)31(43)51-30)28(38)29(20)44-33(45-32)50-16-34-9-5-10-47(34)15-18(36)13-34/h4,6-7,12,17-18,24H,1,5,8-11,13,15-16,43H2,2-3H3/t17-,18-,24-,34+/m1/s1. The molecule has 3 aliphatic rings. The minimum Gasteiger partial charge on any atom is -0.461 e. The Labute approximate surface area is 292 Å². The first-order valence-electron chi connectivity index (χ1n) is 16.4. The average Bonchev–Trinajstić information content (AvgIpc) is 3.83. The van der Waals surface area contributed by atoms with Crippen molar-refractivity contribution in [2.45, 2.75) is 62.6 Å². The number of nitrogens with zero attached hydrogens (tertiary/aromatic N) is 6. The molecule has 4 atom stereocenters. The zero-order valence-corrected chi connectivity index (χ0v) is 28.5. The summed E-state index contributed by atoms with van der Waals surface area (Å²) >= 11 is 0.674. The van der Waals surface area contributed by atoms with E-state index in [1.165, 1.54) is 6.08 Å². The Bertz CT molecular complexity index is 2130. The molecular weight excluding hydrogens is 696 g/mol. The maximum atomic E-state index is 17.1. The van der Waals surface area contributed by atoms with E-state index in [1.54, 1.807) is 23.8 Å². The minimum atomic E-state index is -5.13. The van der Waals surface area contributed by atoms with Gasteiger partial charge in [0.2, 0.25) is 5.91 Å². The number of amides is 1. The third kappa shape index (κ3) is 5.61. The predicted octanol–water partition coefficient (Wildman–Crippen LogP) is 6.83. The van der Waals surface area contributed by atoms with Gasteiger partial charge < -0.3 is 20.3 Å². The number of ether oxygens (including phenoxy) is 1. The molecule has 5 heterocycles. The highest BCUT2D eigenvalue weighted by Crippen LogP contribution is 2.48. The van der Waals surface area contributed by atoms with E-state index < -0.39 is 58.2 Å². The summed E-state index contributed by atoms with van der Waals surface area (Å²) in [5, 5.41) is 9.17. The summed E-state index contributed by atoms with van der Waals surface area (Å²) in [6.07, 6.45) is -2.89. The number of fused-ring (bicyclic) bond motifs is 3. The number of halogens is 6. The van der Waals surface area contributed by atoms with E-state index in [0.717, 1.165) is 24.6 Å². The smallest absolute Gasteiger partial charge is 0.417 e. The summed E-state index contributed by atoms with van der Waals surface area (Å²) in [7, 11) is 1.59. The number of anilines is 2. The highest BCUT2D eigenvalue weighted by atomic mass is 32.1. The first-order valence-corrected chi connectivity index (χ1v) is 17.2. The predicted molar refractivity (Wildman–Crippen MR) is 181 cm³/mol. The molecule has 2 aromatic heterocycles. The number of nitrogen functional groups attached to an aromatic ring is 1. The van der Waals surface area contributed by atoms with Crippen LogP contribution in [0.15, 0.2) is 30.9 Å². The second-order valence-corrected chi connectivity index (χ2v) is 14.4. The maximum Gasteiger partial charge on any atom is 0.417 e. The van der Waals surface area contributed by atoms with Crippen molar-refractivity contribution in [2.24, 2.45) is 0 Å². The lowest BCUT2D eigenvalue weighted by Gasteiger charge is -2.33. The summed E-state index contributed by atoms with van der Waals surface area (Å²) in [5.41, 5.74) is 1.81. The average molecular weight is 730 g/mol. The minimum absolute atomic E-state index is 0.0308. The number of likely N-dealkylation sites (tertiary alicyclic amines) is 1. The number of rotatable bonds is 7. The van der Waals surface area contributed by atoms with Gasteiger partial charge >= 0.3 is 12.2 Å². The molecule has 3 saturated heterocycles. The van der Waals surface area contributed by atoms with Crippen LogP contribution in [-0.4, -0.2) is 82.8 Å². The molecule has 0 unspecified atom stereocenters. The number of nitrogens with two attached hydrogens (primary N) is 1. The van der Waals surface area contributed by atoms with Gasteiger partial charge in [0.05, 0.1) is 27.4 Å². The number of thiophene rings is 1. The Balaban J connectivity index is 1.45. The van der Waals surface area contributed by atoms with Crippen molar-refractivity contribution in [3.63, 3.8) is 0 Å². The molecule has 3 fully saturated rings. The van der Waals surface area contributed by atoms with Gasteiger partial charge in [-0.25, -0.2) is 13.2 Å². The number of hydrogen-bond acceptors (Lipinski definition) is 9. The largest absolute Gasteiger partial charge is 0.461 e. The molecule has 51 heavy (non-hydrogen) atoms. The van der Waals surface area contributed by atoms with E-state index >= 15 is 17.6 Å². The Hall–Kier alpha value is -4.62. The number of nitriles is 1. The molecule has 0 aliphatic carbocycles. The molecule has 0 bridgehead atoms. The van der Waals surface area contributed by atoms with Crippen LogP contribution in [0.5, 0.6) is 6.01 Å². The molecule has 3 aliphatic heterocycles. The number of hydrogen-bond donors (Lipinski definition) is 1. The monoisotopic (exact) mass is 729 g/mol. The van der Waals surface area contributed by atoms with E-state index in [2.05, 4.69) is 16.5 Å². The van der Waals surface area contributed by atoms with E-state index in [-0.39, 0.29) is 68.9 Å². The Morgan fingerprint density at radius 2 is 2.06 bits per heavy atom. The van der Waals surface area contributed by atoms with Crippen LogP contribution >= 0.6 is 11.3 Å². The number of carbonyl (C=O) groups is 1. The highest BCUT2D eigenvalue weighted by molar-refractivity contribution is 7.23. The van der Waals surface area contributed by atoms with E-state index in [1.807, 2.05) is 11.0 Å². The van der Waals surface area contributed by atoms with Gasteiger partial charge in [-0.05, 0) is 56.5 Å². The van der Waals surface area contributed by atoms with Crippen LogP contribution in [0.1, 0.15) is 43.7 Å². The first kappa shape index (κ1) is 34.8. The molecule has 0 spiro atoms. The first-order chi connectivity index (χ1) is 24.2. The van der Waals surface area contributed by atoms with Gasteiger partial charge in [0.15, 0.2) is 5.82 Å². The van der Waals surface area contributed by atoms with Gasteiger partial charge in [0.1, 0.15) is 41.0 Å². The third-order valence-corrected chi connectivity index (χ3v) is 11.7. The third-order valence-electron chi connectivity index (χ3n) is 10.6. The molecular formula is C35H33F6N7O2S. The fourth-order valence-corrected chi connectivity index (χ4v) is 9.14. The molecule has 0 saturated carbocycles. The quantitative estimate of drug-likeness (QED) is 0.163. The normalized spacial score (nSPS) is 23.6. The van der Waals surface area contributed by atoms with Gasteiger partial charge in [-0.2, -0.15) is 28.4 Å². The van der Waals surface area contributed by atoms with Crippen molar-refractivity contribution in [1.82, 2.24) is 19.8 Å². The van der Waals surface area contributed by atoms with Crippen LogP contribution in [0.4, 0.5) is 37.2 Å². The van der Waals surface area contributed by atoms with Gasteiger partial charge in [-0.15, -0.1) is 11.3 Å². The number of benzene rings is 2. The van der Waals surface area contributed by atoms with Crippen molar-refractivity contribution < 1.29 is 35.9 Å². The molecule has 2 N–H and O–H groups in total. The van der Waals surface area contributed by atoms with Crippen molar-refractivity contribution in [3.05, 3.63) is 53.6 Å². The zero-order chi connectivity index (χ0) is 36.6. The Morgan fingerprint density at radius 1 is 1.29 bits per heavy atom. The number of aromatic nitrogens is 2. The molecule has 2 aromatic carbocycles. The summed E-state index contributed by atoms with van der Waals surface area (Å²) in [6.45, 7) is 6.57. The van der Waals surface area contributed by atoms with Crippen LogP contribution in [0.2, 0.25) is 0 Å². The number of likely N-dealkylation sites (N-methyl/N-ethyl adjacent to an activating group) is 1. The summed E-state index contributed by atoms with van der Waals surface area (Å²) < 4.78 is 97.6. The van der Waals surface area contributed by atoms with Gasteiger partial charge in [0, 0.05) is 48.9 Å². The van der Waals surface area contributed by atoms with Crippen molar-refractivity contribution in [3.8, 4) is 23.2 Å². The van der Waals surface area contributed by atoms with Gasteiger partial charge in [-0.3, -0.25) is 9.69 Å². The molecule has 1 amide bonds. The second-order valence-electron chi connectivity index (χ2n) is 13.4. The van der Waals surface area contributed by atoms with Gasteiger partial charge in [-0.1, -0.05) is 12.6 Å². The van der Waals surface area contributed by atoms with Gasteiger partial charge in [0.25, 0.3) is 0 Å². The fraction of sp³-hybridized carbons (Fsp3) is 0.429. The topological polar surface area (TPSA) is 112 Å². The van der Waals surface area contributed by atoms with Crippen LogP contribution in [0, 0.1) is 23.0 Å². The Morgan fingerprint density at radius 3 is 2.76 bits per heavy atom. The summed E-state index contributed by atoms with van der Waals surface area (Å²) in [5.74, 6) is -2.62. The van der Waals surface area contributed by atoms with Crippen molar-refractivity contribution in [1.29, 1.82) is 5.26 Å². The SMILES string of the molecule is C=CC(=O)N1CC[C@@H](N(C)c2nc(OC[C@@]34CCCN3C[C@H](F)C4)nc3c(F)c(-c4ccc(F)c5sc(N)c(C#N)c45)c(C(F)(F)F)cc23)[C@H]1C. The maximum absolute atomic E-state index is 17.1. The van der Waals surface area contributed by atoms with Crippen LogP contribution in [0.25, 0.3) is 32.1 Å². The summed E-state index contributed by atoms with van der Waals surface area (Å²) in [6, 6.07) is 3.24. The number of carbonyl (C=O) groups excluding carboxylic acids is 1. The van der Waals surface area contributed by atoms with Crippen molar-refractivity contribution in [2.75, 3.05) is 43.9 Å². The van der Waals surface area contributed by atoms with E-state index in [0.29, 0.717) is 37.3 Å². The molecule has 7 rings (SSSR count). The van der Waals surface area contributed by atoms with E-state index in [4.69, 9.17) is 10.5 Å². The highest BCUT2D eigenvalue weighted by Gasteiger charge is 2.49. The van der Waals surface area contributed by atoms with Crippen LogP contribution < -0.4 is 15.4 Å². The lowest BCUT2D eigenvalue weighted by molar-refractivity contribution is -0.137. The molecule has 268 valence electrons. The lowest BCUT2D eigenvalue weighted by Crippen LogP contribution is -2.44. The second kappa shape index (κ2) is 12.6. The van der Waals surface area contributed by atoms with Crippen LogP contribution in [0.3, 0.4) is 0 Å². The van der Waals surface area contributed by atoms with Crippen LogP contribution in [-0.2, 0) is 11.0 Å². The molecule has 0 radical (unpaired) electrons. The molecule has 16 heteroatoms. The fourth-order valence-electron chi connectivity index (χ4n) is 8.19. The Kier molecular flexibility index (Phi) is 8.57. The zero-order valence-electron chi connectivity index (χ0n) is 27.7. The number of alkyl halides is 4. The van der Waals surface area contributed by atoms with E-state index in [9.17, 15) is 18.8 Å². The molecule has 9 nitrogen and oxygen atoms in total. The molecule has 4 aromatic rings. The lowest BCUT2D eigenvalue weighted by atomic mass is 9.92. The van der Waals surface area contributed by atoms with Crippen molar-refractivity contribution >= 4 is 49.1 Å². The summed E-state index contributed by atoms with van der Waals surface area (Å²) in [4.78, 5) is 26.6.